The minimum absolute atomic E-state index is 0.0405. The number of anilines is 1. The van der Waals surface area contributed by atoms with Crippen molar-refractivity contribution in [3.63, 3.8) is 0 Å². The van der Waals surface area contributed by atoms with Crippen LogP contribution in [0, 0.1) is 5.82 Å². The summed E-state index contributed by atoms with van der Waals surface area (Å²) in [7, 11) is 3.33. The number of pyridine rings is 1. The molecule has 3 fully saturated rings. The Morgan fingerprint density at radius 2 is 1.69 bits per heavy atom. The van der Waals surface area contributed by atoms with E-state index in [0.717, 1.165) is 55.5 Å². The van der Waals surface area contributed by atoms with Gasteiger partial charge >= 0.3 is 6.03 Å². The number of aryl methyl sites for hydroxylation is 1. The van der Waals surface area contributed by atoms with Gasteiger partial charge in [0.15, 0.2) is 5.82 Å². The Hall–Kier alpha value is -6.46. The fourth-order valence-corrected chi connectivity index (χ4v) is 9.84. The maximum absolute atomic E-state index is 16.6. The van der Waals surface area contributed by atoms with Crippen LogP contribution in [0.15, 0.2) is 67.1 Å². The molecular formula is C47H51ClFN11O5. The van der Waals surface area contributed by atoms with Crippen molar-refractivity contribution in [3.8, 4) is 11.1 Å². The van der Waals surface area contributed by atoms with E-state index in [1.165, 1.54) is 27.6 Å². The molecule has 4 aliphatic rings. The number of nitrogens with zero attached hydrogens (tertiary/aromatic N) is 9. The van der Waals surface area contributed by atoms with E-state index >= 15 is 4.39 Å². The second kappa shape index (κ2) is 18.6. The Morgan fingerprint density at radius 1 is 0.923 bits per heavy atom. The van der Waals surface area contributed by atoms with E-state index in [4.69, 9.17) is 11.6 Å². The van der Waals surface area contributed by atoms with Crippen molar-refractivity contribution in [3.05, 3.63) is 100 Å². The fourth-order valence-electron chi connectivity index (χ4n) is 9.64. The van der Waals surface area contributed by atoms with Crippen LogP contribution in [0.2, 0.25) is 5.02 Å². The number of aromatic amines is 1. The fraction of sp³-hybridized carbons (Fsp3) is 0.404. The van der Waals surface area contributed by atoms with Gasteiger partial charge in [-0.1, -0.05) is 47.2 Å². The predicted molar refractivity (Wildman–Crippen MR) is 243 cm³/mol. The maximum Gasteiger partial charge on any atom is 0.328 e. The van der Waals surface area contributed by atoms with E-state index in [-0.39, 0.29) is 65.8 Å². The summed E-state index contributed by atoms with van der Waals surface area (Å²) < 4.78 is 18.2. The number of nitrogens with one attached hydrogen (secondary N) is 2. The lowest BCUT2D eigenvalue weighted by Gasteiger charge is -2.42. The normalized spacial score (nSPS) is 18.0. The standard InChI is InChI=1S/C47H51ClFN11O5/c1-55(2)45(63)39-25-36-34(24-35(43(49)44(36)52-39)32-4-3-16-58(28-32)42(62)14-21-59-23-15-51-54-59)31-7-5-29(6-8-31)30-9-17-56(18-10-30)33-11-19-57(20-12-33)46(64)38-26-40(37(48)27-50-38)60-22-13-41(61)53-47(60)65/h4-8,15,23-27,30,33,52H,3,9-14,16-22,28H2,1-2H3,(H,53,61,65). The highest BCUT2D eigenvalue weighted by molar-refractivity contribution is 6.34. The largest absolute Gasteiger partial charge is 0.348 e. The van der Waals surface area contributed by atoms with E-state index < -0.39 is 11.8 Å². The molecule has 2 N–H and O–H groups in total. The third kappa shape index (κ3) is 9.12. The molecule has 16 nitrogen and oxygen atoms in total. The minimum atomic E-state index is -0.575. The third-order valence-corrected chi connectivity index (χ3v) is 13.5. The van der Waals surface area contributed by atoms with Crippen molar-refractivity contribution < 1.29 is 28.4 Å². The lowest BCUT2D eigenvalue weighted by Crippen LogP contribution is -2.50. The van der Waals surface area contributed by atoms with Crippen LogP contribution in [0.3, 0.4) is 0 Å². The van der Waals surface area contributed by atoms with E-state index in [2.05, 4.69) is 54.8 Å². The lowest BCUT2D eigenvalue weighted by molar-refractivity contribution is -0.131. The quantitative estimate of drug-likeness (QED) is 0.172. The highest BCUT2D eigenvalue weighted by atomic mass is 35.5. The van der Waals surface area contributed by atoms with Crippen LogP contribution in [-0.2, 0) is 16.1 Å². The number of likely N-dealkylation sites (tertiary alicyclic amines) is 2. The second-order valence-corrected chi connectivity index (χ2v) is 17.8. The molecule has 2 aromatic carbocycles. The van der Waals surface area contributed by atoms with Gasteiger partial charge in [0, 0.05) is 89.0 Å². The highest BCUT2D eigenvalue weighted by Crippen LogP contribution is 2.39. The van der Waals surface area contributed by atoms with Crippen molar-refractivity contribution in [2.75, 3.05) is 64.8 Å². The van der Waals surface area contributed by atoms with Crippen molar-refractivity contribution >= 4 is 63.4 Å². The Labute approximate surface area is 380 Å². The topological polar surface area (TPSA) is 173 Å². The van der Waals surface area contributed by atoms with E-state index in [9.17, 15) is 24.0 Å². The van der Waals surface area contributed by atoms with Gasteiger partial charge in [0.2, 0.25) is 11.8 Å². The molecule has 0 radical (unpaired) electrons. The molecular weight excluding hydrogens is 853 g/mol. The molecule has 3 saturated heterocycles. The van der Waals surface area contributed by atoms with Gasteiger partial charge in [-0.3, -0.25) is 34.1 Å². The van der Waals surface area contributed by atoms with Gasteiger partial charge in [-0.05, 0) is 91.6 Å². The number of carbonyl (C=O) groups excluding carboxylic acids is 5. The van der Waals surface area contributed by atoms with Crippen LogP contribution in [0.5, 0.6) is 0 Å². The summed E-state index contributed by atoms with van der Waals surface area (Å²) >= 11 is 6.37. The molecule has 6 amide bonds. The zero-order valence-corrected chi connectivity index (χ0v) is 37.2. The van der Waals surface area contributed by atoms with Crippen molar-refractivity contribution in [1.29, 1.82) is 0 Å². The first-order valence-electron chi connectivity index (χ1n) is 22.2. The molecule has 0 aliphatic carbocycles. The molecule has 18 heteroatoms. The number of piperidine rings is 2. The zero-order chi connectivity index (χ0) is 45.4. The number of aromatic nitrogens is 5. The Balaban J connectivity index is 0.851. The van der Waals surface area contributed by atoms with Crippen LogP contribution >= 0.6 is 11.6 Å². The van der Waals surface area contributed by atoms with Gasteiger partial charge < -0.3 is 24.6 Å². The van der Waals surface area contributed by atoms with Gasteiger partial charge in [0.05, 0.1) is 29.0 Å². The average Bonchev–Trinajstić information content (AvgIpc) is 4.03. The van der Waals surface area contributed by atoms with Crippen LogP contribution in [0.25, 0.3) is 27.6 Å². The number of amides is 6. The van der Waals surface area contributed by atoms with Gasteiger partial charge in [-0.15, -0.1) is 5.10 Å². The van der Waals surface area contributed by atoms with Crippen LogP contribution in [0.4, 0.5) is 14.9 Å². The number of benzene rings is 2. The first-order valence-corrected chi connectivity index (χ1v) is 22.6. The zero-order valence-electron chi connectivity index (χ0n) is 36.4. The molecule has 7 heterocycles. The predicted octanol–water partition coefficient (Wildman–Crippen LogP) is 5.95. The van der Waals surface area contributed by atoms with Crippen molar-refractivity contribution in [2.24, 2.45) is 0 Å². The average molecular weight is 904 g/mol. The summed E-state index contributed by atoms with van der Waals surface area (Å²) in [6.45, 7) is 4.45. The molecule has 0 saturated carbocycles. The van der Waals surface area contributed by atoms with Crippen LogP contribution in [-0.4, -0.2) is 140 Å². The molecule has 5 aromatic rings. The summed E-state index contributed by atoms with van der Waals surface area (Å²) in [5.41, 5.74) is 5.16. The molecule has 338 valence electrons. The van der Waals surface area contributed by atoms with E-state index in [1.54, 1.807) is 42.1 Å². The van der Waals surface area contributed by atoms with Gasteiger partial charge in [-0.25, -0.2) is 14.2 Å². The summed E-state index contributed by atoms with van der Waals surface area (Å²) in [6, 6.07) is 13.4. The van der Waals surface area contributed by atoms with Gasteiger partial charge in [-0.2, -0.15) is 0 Å². The SMILES string of the molecule is CN(C)C(=O)c1cc2c(-c3ccc(C4CCN(C5CCN(C(=O)c6cc(N7CCC(=O)NC7=O)c(Cl)cn6)CC5)CC4)cc3)cc(C3=CCCN(C(=O)CCn4ccnn4)C3)c(F)c2[nH]1. The molecule has 0 spiro atoms. The van der Waals surface area contributed by atoms with Crippen molar-refractivity contribution in [2.45, 2.75) is 63.5 Å². The number of imide groups is 1. The Bertz CT molecular complexity index is 2670. The van der Waals surface area contributed by atoms with E-state index in [1.807, 2.05) is 17.0 Å². The molecule has 0 atom stereocenters. The third-order valence-electron chi connectivity index (χ3n) is 13.3. The van der Waals surface area contributed by atoms with Crippen LogP contribution in [0.1, 0.15) is 83.0 Å². The Morgan fingerprint density at radius 3 is 2.40 bits per heavy atom. The molecule has 3 aromatic heterocycles. The van der Waals surface area contributed by atoms with Crippen LogP contribution < -0.4 is 10.2 Å². The molecule has 9 rings (SSSR count). The lowest BCUT2D eigenvalue weighted by atomic mass is 9.86. The number of carbonyl (C=O) groups is 5. The number of halogens is 2. The minimum Gasteiger partial charge on any atom is -0.348 e. The number of hydrogen-bond donors (Lipinski definition) is 2. The number of hydrogen-bond acceptors (Lipinski definition) is 9. The monoisotopic (exact) mass is 903 g/mol. The summed E-state index contributed by atoms with van der Waals surface area (Å²) in [5.74, 6) is -0.951. The van der Waals surface area contributed by atoms with E-state index in [0.29, 0.717) is 66.9 Å². The summed E-state index contributed by atoms with van der Waals surface area (Å²) in [6.07, 6.45) is 11.3. The first kappa shape index (κ1) is 43.8. The van der Waals surface area contributed by atoms with Gasteiger partial charge in [0.1, 0.15) is 11.4 Å². The molecule has 0 unspecified atom stereocenters. The highest BCUT2D eigenvalue weighted by Gasteiger charge is 2.33. The second-order valence-electron chi connectivity index (χ2n) is 17.4. The van der Waals surface area contributed by atoms with Gasteiger partial charge in [0.25, 0.3) is 11.8 Å². The molecule has 65 heavy (non-hydrogen) atoms. The smallest absolute Gasteiger partial charge is 0.328 e. The Kier molecular flexibility index (Phi) is 12.5. The summed E-state index contributed by atoms with van der Waals surface area (Å²) in [4.78, 5) is 80.4. The number of rotatable bonds is 10. The maximum atomic E-state index is 16.6. The van der Waals surface area contributed by atoms with Crippen molar-refractivity contribution in [1.82, 2.24) is 49.9 Å². The summed E-state index contributed by atoms with van der Waals surface area (Å²) in [5, 5.41) is 10.9. The number of fused-ring (bicyclic) bond motifs is 1. The number of H-pyrrole nitrogens is 1. The molecule has 4 aliphatic heterocycles. The number of urea groups is 1. The first-order chi connectivity index (χ1) is 31.4. The molecule has 0 bridgehead atoms.